The van der Waals surface area contributed by atoms with Crippen molar-refractivity contribution >= 4 is 5.91 Å². The summed E-state index contributed by atoms with van der Waals surface area (Å²) in [6.45, 7) is 4.19. The van der Waals surface area contributed by atoms with Crippen molar-refractivity contribution in [3.05, 3.63) is 28.8 Å². The van der Waals surface area contributed by atoms with Gasteiger partial charge in [-0.15, -0.1) is 0 Å². The second kappa shape index (κ2) is 6.57. The standard InChI is InChI=1S/C15H19N3O3/c1-9-5-11(7-16)6-10(2)14(9)20-8-12-3-4-13(21-12)15(19)18-17/h5-6,12-13H,3-4,8,17H2,1-2H3,(H,18,19). The zero-order chi connectivity index (χ0) is 15.4. The first kappa shape index (κ1) is 15.3. The molecule has 0 bridgehead atoms. The van der Waals surface area contributed by atoms with Crippen molar-refractivity contribution < 1.29 is 14.3 Å². The molecule has 6 heteroatoms. The fourth-order valence-corrected chi connectivity index (χ4v) is 2.53. The molecule has 21 heavy (non-hydrogen) atoms. The third-order valence-corrected chi connectivity index (χ3v) is 3.55. The van der Waals surface area contributed by atoms with Gasteiger partial charge in [0, 0.05) is 0 Å². The number of carbonyl (C=O) groups excluding carboxylic acids is 1. The average Bonchev–Trinajstić information content (AvgIpc) is 2.94. The molecule has 1 amide bonds. The molecule has 3 N–H and O–H groups in total. The van der Waals surface area contributed by atoms with E-state index in [1.807, 2.05) is 13.8 Å². The van der Waals surface area contributed by atoms with Gasteiger partial charge in [-0.2, -0.15) is 5.26 Å². The minimum Gasteiger partial charge on any atom is -0.490 e. The van der Waals surface area contributed by atoms with E-state index in [9.17, 15) is 4.79 Å². The first-order valence-corrected chi connectivity index (χ1v) is 6.85. The number of benzene rings is 1. The molecule has 1 heterocycles. The number of nitrogens with zero attached hydrogens (tertiary/aromatic N) is 1. The van der Waals surface area contributed by atoms with Crippen LogP contribution in [0.15, 0.2) is 12.1 Å². The highest BCUT2D eigenvalue weighted by Crippen LogP contribution is 2.26. The Balaban J connectivity index is 1.96. The highest BCUT2D eigenvalue weighted by atomic mass is 16.5. The molecule has 2 unspecified atom stereocenters. The Morgan fingerprint density at radius 2 is 2.14 bits per heavy atom. The number of hydrogen-bond acceptors (Lipinski definition) is 5. The lowest BCUT2D eigenvalue weighted by Crippen LogP contribution is -2.39. The Bertz CT molecular complexity index is 557. The number of ether oxygens (including phenoxy) is 2. The van der Waals surface area contributed by atoms with Gasteiger partial charge in [-0.25, -0.2) is 5.84 Å². The Labute approximate surface area is 123 Å². The summed E-state index contributed by atoms with van der Waals surface area (Å²) in [6.07, 6.45) is 0.781. The Kier molecular flexibility index (Phi) is 4.78. The average molecular weight is 289 g/mol. The zero-order valence-electron chi connectivity index (χ0n) is 12.2. The summed E-state index contributed by atoms with van der Waals surface area (Å²) in [6, 6.07) is 5.71. The molecule has 0 aromatic heterocycles. The number of hydrogen-bond donors (Lipinski definition) is 2. The van der Waals surface area contributed by atoms with Gasteiger partial charge in [0.05, 0.1) is 17.7 Å². The number of rotatable bonds is 4. The molecular weight excluding hydrogens is 270 g/mol. The molecule has 1 saturated heterocycles. The topological polar surface area (TPSA) is 97.4 Å². The first-order valence-electron chi connectivity index (χ1n) is 6.85. The van der Waals surface area contributed by atoms with Crippen LogP contribution in [0.3, 0.4) is 0 Å². The van der Waals surface area contributed by atoms with Crippen molar-refractivity contribution in [2.75, 3.05) is 6.61 Å². The highest BCUT2D eigenvalue weighted by molar-refractivity contribution is 5.80. The summed E-state index contributed by atoms with van der Waals surface area (Å²) in [5.74, 6) is 5.56. The fraction of sp³-hybridized carbons (Fsp3) is 0.467. The maximum atomic E-state index is 11.4. The number of nitrogens with one attached hydrogen (secondary N) is 1. The van der Waals surface area contributed by atoms with Gasteiger partial charge in [-0.05, 0) is 49.9 Å². The molecule has 0 radical (unpaired) electrons. The van der Waals surface area contributed by atoms with Crippen molar-refractivity contribution in [3.63, 3.8) is 0 Å². The van der Waals surface area contributed by atoms with Crippen LogP contribution in [0.2, 0.25) is 0 Å². The Morgan fingerprint density at radius 3 is 2.71 bits per heavy atom. The van der Waals surface area contributed by atoms with E-state index in [1.165, 1.54) is 0 Å². The van der Waals surface area contributed by atoms with Gasteiger partial charge in [0.25, 0.3) is 5.91 Å². The normalized spacial score (nSPS) is 20.9. The second-order valence-electron chi connectivity index (χ2n) is 5.19. The van der Waals surface area contributed by atoms with Gasteiger partial charge in [0.15, 0.2) is 0 Å². The summed E-state index contributed by atoms with van der Waals surface area (Å²) in [7, 11) is 0. The van der Waals surface area contributed by atoms with E-state index in [-0.39, 0.29) is 12.0 Å². The number of hydrazine groups is 1. The van der Waals surface area contributed by atoms with E-state index in [1.54, 1.807) is 12.1 Å². The van der Waals surface area contributed by atoms with Gasteiger partial charge in [-0.3, -0.25) is 10.2 Å². The van der Waals surface area contributed by atoms with E-state index in [0.717, 1.165) is 23.3 Å². The van der Waals surface area contributed by atoms with Crippen LogP contribution >= 0.6 is 0 Å². The minimum atomic E-state index is -0.494. The molecule has 1 aliphatic heterocycles. The van der Waals surface area contributed by atoms with Crippen LogP contribution in [0.4, 0.5) is 0 Å². The van der Waals surface area contributed by atoms with Crippen LogP contribution in [-0.2, 0) is 9.53 Å². The molecular formula is C15H19N3O3. The predicted octanol–water partition coefficient (Wildman–Crippen LogP) is 1.09. The van der Waals surface area contributed by atoms with E-state index >= 15 is 0 Å². The molecule has 1 aromatic rings. The SMILES string of the molecule is Cc1cc(C#N)cc(C)c1OCC1CCC(C(=O)NN)O1. The summed E-state index contributed by atoms with van der Waals surface area (Å²) in [4.78, 5) is 11.4. The maximum Gasteiger partial charge on any atom is 0.263 e. The Morgan fingerprint density at radius 1 is 1.48 bits per heavy atom. The molecule has 6 nitrogen and oxygen atoms in total. The molecule has 0 spiro atoms. The lowest BCUT2D eigenvalue weighted by molar-refractivity contribution is -0.132. The smallest absolute Gasteiger partial charge is 0.263 e. The molecule has 0 aliphatic carbocycles. The lowest BCUT2D eigenvalue weighted by Gasteiger charge is -2.16. The van der Waals surface area contributed by atoms with Crippen molar-refractivity contribution in [2.45, 2.75) is 38.9 Å². The van der Waals surface area contributed by atoms with Crippen LogP contribution in [0, 0.1) is 25.2 Å². The summed E-state index contributed by atoms with van der Waals surface area (Å²) >= 11 is 0. The fourth-order valence-electron chi connectivity index (χ4n) is 2.53. The minimum absolute atomic E-state index is 0.123. The number of amides is 1. The van der Waals surface area contributed by atoms with Crippen LogP contribution in [-0.4, -0.2) is 24.7 Å². The van der Waals surface area contributed by atoms with Crippen molar-refractivity contribution in [1.29, 1.82) is 5.26 Å². The van der Waals surface area contributed by atoms with E-state index < -0.39 is 6.10 Å². The van der Waals surface area contributed by atoms with Gasteiger partial charge in [0.2, 0.25) is 0 Å². The summed E-state index contributed by atoms with van der Waals surface area (Å²) in [5, 5.41) is 8.93. The number of nitrogens with two attached hydrogens (primary N) is 1. The molecule has 1 aromatic carbocycles. The van der Waals surface area contributed by atoms with Crippen LogP contribution < -0.4 is 16.0 Å². The third kappa shape index (κ3) is 3.51. The van der Waals surface area contributed by atoms with Crippen molar-refractivity contribution in [2.24, 2.45) is 5.84 Å². The zero-order valence-corrected chi connectivity index (χ0v) is 12.2. The Hall–Kier alpha value is -2.10. The van der Waals surface area contributed by atoms with Crippen molar-refractivity contribution in [1.82, 2.24) is 5.43 Å². The monoisotopic (exact) mass is 289 g/mol. The molecule has 1 fully saturated rings. The highest BCUT2D eigenvalue weighted by Gasteiger charge is 2.30. The van der Waals surface area contributed by atoms with Gasteiger partial charge in [-0.1, -0.05) is 0 Å². The van der Waals surface area contributed by atoms with Crippen LogP contribution in [0.1, 0.15) is 29.5 Å². The van der Waals surface area contributed by atoms with Crippen LogP contribution in [0.25, 0.3) is 0 Å². The first-order chi connectivity index (χ1) is 10.0. The van der Waals surface area contributed by atoms with Crippen LogP contribution in [0.5, 0.6) is 5.75 Å². The van der Waals surface area contributed by atoms with E-state index in [4.69, 9.17) is 20.6 Å². The molecule has 2 atom stereocenters. The quantitative estimate of drug-likeness (QED) is 0.491. The van der Waals surface area contributed by atoms with E-state index in [2.05, 4.69) is 11.5 Å². The molecule has 1 aliphatic rings. The lowest BCUT2D eigenvalue weighted by atomic mass is 10.1. The van der Waals surface area contributed by atoms with Gasteiger partial charge >= 0.3 is 0 Å². The molecule has 112 valence electrons. The molecule has 0 saturated carbocycles. The largest absolute Gasteiger partial charge is 0.490 e. The van der Waals surface area contributed by atoms with E-state index in [0.29, 0.717) is 18.6 Å². The third-order valence-electron chi connectivity index (χ3n) is 3.55. The number of nitriles is 1. The number of carbonyl (C=O) groups is 1. The number of aryl methyl sites for hydroxylation is 2. The maximum absolute atomic E-state index is 11.4. The predicted molar refractivity (Wildman–Crippen MR) is 76.4 cm³/mol. The van der Waals surface area contributed by atoms with Gasteiger partial charge < -0.3 is 9.47 Å². The van der Waals surface area contributed by atoms with Gasteiger partial charge in [0.1, 0.15) is 18.5 Å². The molecule has 2 rings (SSSR count). The van der Waals surface area contributed by atoms with Crippen molar-refractivity contribution in [3.8, 4) is 11.8 Å². The summed E-state index contributed by atoms with van der Waals surface area (Å²) < 4.78 is 11.4. The second-order valence-corrected chi connectivity index (χ2v) is 5.19. The summed E-state index contributed by atoms with van der Waals surface area (Å²) in [5.41, 5.74) is 4.55.